The summed E-state index contributed by atoms with van der Waals surface area (Å²) in [5, 5.41) is 0.900. The highest BCUT2D eigenvalue weighted by Gasteiger charge is 2.16. The molecule has 8 heteroatoms. The molecule has 0 aliphatic rings. The van der Waals surface area contributed by atoms with Crippen molar-refractivity contribution in [2.75, 3.05) is 4.72 Å². The Kier molecular flexibility index (Phi) is 2.82. The summed E-state index contributed by atoms with van der Waals surface area (Å²) in [7, 11) is -3.78. The van der Waals surface area contributed by atoms with Crippen molar-refractivity contribution >= 4 is 37.7 Å². The molecule has 0 aliphatic heterocycles. The zero-order valence-electron chi connectivity index (χ0n) is 11.7. The van der Waals surface area contributed by atoms with E-state index in [4.69, 9.17) is 4.42 Å². The molecule has 0 fully saturated rings. The number of hydrogen-bond donors (Lipinski definition) is 3. The third kappa shape index (κ3) is 2.38. The van der Waals surface area contributed by atoms with Crippen molar-refractivity contribution in [1.29, 1.82) is 0 Å². The number of H-pyrrole nitrogens is 2. The Bertz CT molecular complexity index is 1180. The number of oxazole rings is 1. The summed E-state index contributed by atoms with van der Waals surface area (Å²) < 4.78 is 32.4. The lowest BCUT2D eigenvalue weighted by Gasteiger charge is -2.08. The van der Waals surface area contributed by atoms with Gasteiger partial charge in [0.2, 0.25) is 0 Å². The van der Waals surface area contributed by atoms with E-state index in [0.717, 1.165) is 10.9 Å². The van der Waals surface area contributed by atoms with Crippen LogP contribution in [0.2, 0.25) is 0 Å². The molecular formula is C15H11N3O4S. The molecule has 0 spiro atoms. The number of benzene rings is 2. The van der Waals surface area contributed by atoms with Gasteiger partial charge in [-0.2, -0.15) is 0 Å². The van der Waals surface area contributed by atoms with Crippen molar-refractivity contribution in [3.63, 3.8) is 0 Å². The highest BCUT2D eigenvalue weighted by atomic mass is 32.2. The van der Waals surface area contributed by atoms with Crippen LogP contribution in [-0.4, -0.2) is 18.4 Å². The van der Waals surface area contributed by atoms with E-state index >= 15 is 0 Å². The second-order valence-corrected chi connectivity index (χ2v) is 6.74. The van der Waals surface area contributed by atoms with Crippen molar-refractivity contribution in [2.24, 2.45) is 0 Å². The summed E-state index contributed by atoms with van der Waals surface area (Å²) in [5.74, 6) is -0.625. The van der Waals surface area contributed by atoms with E-state index in [9.17, 15) is 13.2 Å². The first-order valence-electron chi connectivity index (χ1n) is 6.74. The molecule has 7 nitrogen and oxygen atoms in total. The molecule has 3 N–H and O–H groups in total. The number of anilines is 1. The smallest absolute Gasteiger partial charge is 0.408 e. The molecule has 0 amide bonds. The standard InChI is InChI=1S/C15H11N3O4S/c19-15-17-13-4-2-11(8-14(13)22-15)23(20,21)18-10-1-3-12-9(7-10)5-6-16-12/h1-8,16,18H,(H,17,19). The predicted molar refractivity (Wildman–Crippen MR) is 85.9 cm³/mol. The van der Waals surface area contributed by atoms with Crippen LogP contribution in [0.25, 0.3) is 22.0 Å². The number of aromatic amines is 2. The summed E-state index contributed by atoms with van der Waals surface area (Å²) >= 11 is 0. The van der Waals surface area contributed by atoms with Crippen LogP contribution in [-0.2, 0) is 10.0 Å². The molecule has 116 valence electrons. The minimum Gasteiger partial charge on any atom is -0.408 e. The highest BCUT2D eigenvalue weighted by Crippen LogP contribution is 2.22. The first kappa shape index (κ1) is 13.6. The van der Waals surface area contributed by atoms with E-state index in [1.807, 2.05) is 6.07 Å². The molecule has 23 heavy (non-hydrogen) atoms. The minimum absolute atomic E-state index is 0.0157. The molecule has 2 aromatic carbocycles. The molecule has 0 radical (unpaired) electrons. The number of nitrogens with one attached hydrogen (secondary N) is 3. The molecule has 0 bridgehead atoms. The molecule has 0 saturated heterocycles. The topological polar surface area (TPSA) is 108 Å². The van der Waals surface area contributed by atoms with Crippen molar-refractivity contribution in [3.05, 3.63) is 59.2 Å². The van der Waals surface area contributed by atoms with Gasteiger partial charge in [0.15, 0.2) is 5.58 Å². The van der Waals surface area contributed by atoms with Crippen LogP contribution in [0.5, 0.6) is 0 Å². The average molecular weight is 329 g/mol. The number of rotatable bonds is 3. The van der Waals surface area contributed by atoms with E-state index < -0.39 is 15.8 Å². The number of hydrogen-bond acceptors (Lipinski definition) is 4. The van der Waals surface area contributed by atoms with Gasteiger partial charge < -0.3 is 9.40 Å². The molecule has 0 aliphatic carbocycles. The maximum atomic E-state index is 12.5. The monoisotopic (exact) mass is 329 g/mol. The third-order valence-electron chi connectivity index (χ3n) is 3.51. The molecule has 0 unspecified atom stereocenters. The van der Waals surface area contributed by atoms with E-state index in [-0.39, 0.29) is 10.5 Å². The zero-order chi connectivity index (χ0) is 16.0. The third-order valence-corrected chi connectivity index (χ3v) is 4.89. The number of aromatic nitrogens is 2. The Morgan fingerprint density at radius 3 is 2.70 bits per heavy atom. The van der Waals surface area contributed by atoms with Crippen LogP contribution < -0.4 is 10.5 Å². The summed E-state index contributed by atoms with van der Waals surface area (Å²) in [6.07, 6.45) is 1.78. The lowest BCUT2D eigenvalue weighted by atomic mass is 10.2. The van der Waals surface area contributed by atoms with Crippen molar-refractivity contribution < 1.29 is 12.8 Å². The Morgan fingerprint density at radius 1 is 1.00 bits per heavy atom. The second-order valence-electron chi connectivity index (χ2n) is 5.06. The number of sulfonamides is 1. The van der Waals surface area contributed by atoms with Crippen molar-refractivity contribution in [3.8, 4) is 0 Å². The first-order valence-corrected chi connectivity index (χ1v) is 8.22. The Hall–Kier alpha value is -3.00. The fraction of sp³-hybridized carbons (Fsp3) is 0. The number of fused-ring (bicyclic) bond motifs is 2. The molecule has 0 saturated carbocycles. The summed E-state index contributed by atoms with van der Waals surface area (Å²) in [6, 6.07) is 11.3. The second kappa shape index (κ2) is 4.75. The van der Waals surface area contributed by atoms with Gasteiger partial charge in [0.1, 0.15) is 0 Å². The fourth-order valence-electron chi connectivity index (χ4n) is 2.42. The Balaban J connectivity index is 1.74. The summed E-state index contributed by atoms with van der Waals surface area (Å²) in [5.41, 5.74) is 2.01. The van der Waals surface area contributed by atoms with Crippen LogP contribution in [0.15, 0.2) is 62.8 Å². The van der Waals surface area contributed by atoms with Gasteiger partial charge in [-0.25, -0.2) is 13.2 Å². The van der Waals surface area contributed by atoms with Crippen LogP contribution in [0, 0.1) is 0 Å². The zero-order valence-corrected chi connectivity index (χ0v) is 12.5. The summed E-state index contributed by atoms with van der Waals surface area (Å²) in [6.45, 7) is 0. The fourth-order valence-corrected chi connectivity index (χ4v) is 3.49. The normalized spacial score (nSPS) is 12.0. The van der Waals surface area contributed by atoms with E-state index in [2.05, 4.69) is 14.7 Å². The SMILES string of the molecule is O=c1[nH]c2ccc(S(=O)(=O)Nc3ccc4[nH]ccc4c3)cc2o1. The first-order chi connectivity index (χ1) is 11.0. The van der Waals surface area contributed by atoms with Gasteiger partial charge in [-0.05, 0) is 36.4 Å². The van der Waals surface area contributed by atoms with Crippen LogP contribution >= 0.6 is 0 Å². The highest BCUT2D eigenvalue weighted by molar-refractivity contribution is 7.92. The van der Waals surface area contributed by atoms with Gasteiger partial charge in [-0.3, -0.25) is 9.71 Å². The molecule has 2 aromatic heterocycles. The van der Waals surface area contributed by atoms with Crippen LogP contribution in [0.4, 0.5) is 5.69 Å². The van der Waals surface area contributed by atoms with Gasteiger partial charge in [-0.15, -0.1) is 0 Å². The van der Waals surface area contributed by atoms with Crippen LogP contribution in [0.1, 0.15) is 0 Å². The van der Waals surface area contributed by atoms with Gasteiger partial charge in [0, 0.05) is 28.9 Å². The Morgan fingerprint density at radius 2 is 1.83 bits per heavy atom. The van der Waals surface area contributed by atoms with Crippen molar-refractivity contribution in [1.82, 2.24) is 9.97 Å². The van der Waals surface area contributed by atoms with Gasteiger partial charge in [0.25, 0.3) is 10.0 Å². The molecule has 4 aromatic rings. The maximum absolute atomic E-state index is 12.5. The minimum atomic E-state index is -3.78. The van der Waals surface area contributed by atoms with Gasteiger partial charge >= 0.3 is 5.76 Å². The average Bonchev–Trinajstić information content (AvgIpc) is 3.10. The molecular weight excluding hydrogens is 318 g/mol. The molecule has 0 atom stereocenters. The maximum Gasteiger partial charge on any atom is 0.417 e. The summed E-state index contributed by atoms with van der Waals surface area (Å²) in [4.78, 5) is 16.7. The Labute approximate surface area is 130 Å². The lowest BCUT2D eigenvalue weighted by molar-refractivity contribution is 0.554. The van der Waals surface area contributed by atoms with Gasteiger partial charge in [0.05, 0.1) is 10.4 Å². The lowest BCUT2D eigenvalue weighted by Crippen LogP contribution is -2.12. The molecule has 4 rings (SSSR count). The quantitative estimate of drug-likeness (QED) is 0.536. The van der Waals surface area contributed by atoms with Crippen molar-refractivity contribution in [2.45, 2.75) is 4.90 Å². The predicted octanol–water partition coefficient (Wildman–Crippen LogP) is 2.40. The van der Waals surface area contributed by atoms with E-state index in [1.54, 1.807) is 24.4 Å². The van der Waals surface area contributed by atoms with Crippen LogP contribution in [0.3, 0.4) is 0 Å². The van der Waals surface area contributed by atoms with E-state index in [1.165, 1.54) is 18.2 Å². The molecule has 2 heterocycles. The van der Waals surface area contributed by atoms with Gasteiger partial charge in [-0.1, -0.05) is 0 Å². The largest absolute Gasteiger partial charge is 0.417 e. The van der Waals surface area contributed by atoms with E-state index in [0.29, 0.717) is 11.2 Å².